The van der Waals surface area contributed by atoms with Crippen LogP contribution in [0.2, 0.25) is 5.02 Å². The van der Waals surface area contributed by atoms with Crippen LogP contribution in [-0.2, 0) is 4.79 Å². The predicted octanol–water partition coefficient (Wildman–Crippen LogP) is 4.03. The Morgan fingerprint density at radius 1 is 1.11 bits per heavy atom. The van der Waals surface area contributed by atoms with E-state index < -0.39 is 5.60 Å². The molecule has 0 atom stereocenters. The molecule has 0 radical (unpaired) electrons. The van der Waals surface area contributed by atoms with Gasteiger partial charge in [0, 0.05) is 31.2 Å². The lowest BCUT2D eigenvalue weighted by atomic mass is 10.1. The zero-order valence-corrected chi connectivity index (χ0v) is 17.1. The molecule has 3 rings (SSSR count). The molecule has 2 aromatic rings. The molecule has 0 unspecified atom stereocenters. The molecule has 0 aliphatic carbocycles. The first-order valence-electron chi connectivity index (χ1n) is 9.24. The topological polar surface area (TPSA) is 44.8 Å². The third kappa shape index (κ3) is 4.94. The van der Waals surface area contributed by atoms with E-state index in [9.17, 15) is 9.18 Å². The van der Waals surface area contributed by atoms with E-state index in [4.69, 9.17) is 16.3 Å². The molecule has 0 saturated carbocycles. The average molecular weight is 406 g/mol. The van der Waals surface area contributed by atoms with Crippen molar-refractivity contribution in [3.63, 3.8) is 0 Å². The number of nitrogens with zero attached hydrogens (tertiary/aromatic N) is 2. The molecule has 1 aliphatic heterocycles. The van der Waals surface area contributed by atoms with Crippen LogP contribution in [0.1, 0.15) is 13.8 Å². The van der Waals surface area contributed by atoms with Gasteiger partial charge in [-0.3, -0.25) is 4.79 Å². The average Bonchev–Trinajstić information content (AvgIpc) is 2.64. The van der Waals surface area contributed by atoms with Crippen molar-refractivity contribution in [1.29, 1.82) is 0 Å². The number of halogens is 2. The third-order valence-corrected chi connectivity index (χ3v) is 5.02. The van der Waals surface area contributed by atoms with Crippen LogP contribution in [0.4, 0.5) is 15.8 Å². The van der Waals surface area contributed by atoms with Crippen LogP contribution in [0.15, 0.2) is 42.5 Å². The van der Waals surface area contributed by atoms with Gasteiger partial charge >= 0.3 is 0 Å². The fourth-order valence-corrected chi connectivity index (χ4v) is 3.22. The molecular weight excluding hydrogens is 381 g/mol. The second-order valence-electron chi connectivity index (χ2n) is 7.47. The van der Waals surface area contributed by atoms with Gasteiger partial charge in [-0.15, -0.1) is 0 Å². The second-order valence-corrected chi connectivity index (χ2v) is 7.91. The molecule has 150 valence electrons. The summed E-state index contributed by atoms with van der Waals surface area (Å²) in [6, 6.07) is 11.1. The van der Waals surface area contributed by atoms with Gasteiger partial charge in [-0.05, 0) is 63.4 Å². The van der Waals surface area contributed by atoms with Crippen LogP contribution in [0.25, 0.3) is 0 Å². The molecule has 1 aliphatic rings. The number of carbonyl (C=O) groups excluding carboxylic acids is 1. The van der Waals surface area contributed by atoms with Crippen molar-refractivity contribution < 1.29 is 13.9 Å². The first kappa shape index (κ1) is 20.4. The summed E-state index contributed by atoms with van der Waals surface area (Å²) in [6.07, 6.45) is 0. The predicted molar refractivity (Wildman–Crippen MR) is 111 cm³/mol. The maximum atomic E-state index is 13.1. The van der Waals surface area contributed by atoms with Gasteiger partial charge in [-0.25, -0.2) is 4.39 Å². The summed E-state index contributed by atoms with van der Waals surface area (Å²) in [5.41, 5.74) is 0.431. The lowest BCUT2D eigenvalue weighted by molar-refractivity contribution is -0.128. The van der Waals surface area contributed by atoms with Crippen LogP contribution < -0.4 is 15.0 Å². The van der Waals surface area contributed by atoms with Crippen molar-refractivity contribution in [3.8, 4) is 5.75 Å². The van der Waals surface area contributed by atoms with Crippen LogP contribution >= 0.6 is 11.6 Å². The van der Waals surface area contributed by atoms with E-state index in [2.05, 4.69) is 22.2 Å². The minimum Gasteiger partial charge on any atom is -0.478 e. The molecule has 1 N–H and O–H groups in total. The highest BCUT2D eigenvalue weighted by Crippen LogP contribution is 2.31. The minimum atomic E-state index is -1.15. The van der Waals surface area contributed by atoms with Gasteiger partial charge in [0.05, 0.1) is 11.4 Å². The van der Waals surface area contributed by atoms with E-state index in [1.165, 1.54) is 24.3 Å². The van der Waals surface area contributed by atoms with E-state index in [1.807, 2.05) is 12.1 Å². The summed E-state index contributed by atoms with van der Waals surface area (Å²) in [7, 11) is 2.09. The fraction of sp³-hybridized carbons (Fsp3) is 0.381. The smallest absolute Gasteiger partial charge is 0.268 e. The van der Waals surface area contributed by atoms with Crippen molar-refractivity contribution in [3.05, 3.63) is 53.3 Å². The Morgan fingerprint density at radius 2 is 1.75 bits per heavy atom. The van der Waals surface area contributed by atoms with Crippen molar-refractivity contribution in [2.75, 3.05) is 43.4 Å². The Bertz CT molecular complexity index is 834. The Hall–Kier alpha value is -2.31. The fourth-order valence-electron chi connectivity index (χ4n) is 3.05. The minimum absolute atomic E-state index is 0.311. The standard InChI is InChI=1S/C21H25ClFN3O2/c1-21(2,28-17-7-5-16(23)6-8-17)20(27)24-18-14-15(22)4-9-19(18)26-12-10-25(3)11-13-26/h4-9,14H,10-13H2,1-3H3,(H,24,27). The SMILES string of the molecule is CN1CCN(c2ccc(Cl)cc2NC(=O)C(C)(C)Oc2ccc(F)cc2)CC1. The molecule has 0 aromatic heterocycles. The molecule has 1 saturated heterocycles. The van der Waals surface area contributed by atoms with Crippen molar-refractivity contribution >= 4 is 28.9 Å². The van der Waals surface area contributed by atoms with Crippen molar-refractivity contribution in [2.45, 2.75) is 19.4 Å². The number of piperazine rings is 1. The molecule has 1 amide bonds. The molecule has 1 fully saturated rings. The zero-order valence-electron chi connectivity index (χ0n) is 16.3. The number of likely N-dealkylation sites (N-methyl/N-ethyl adjacent to an activating group) is 1. The van der Waals surface area contributed by atoms with Crippen LogP contribution in [0, 0.1) is 5.82 Å². The summed E-state index contributed by atoms with van der Waals surface area (Å²) < 4.78 is 18.9. The normalized spacial score (nSPS) is 15.4. The lowest BCUT2D eigenvalue weighted by Gasteiger charge is -2.35. The number of benzene rings is 2. The van der Waals surface area contributed by atoms with Gasteiger partial charge in [0.2, 0.25) is 0 Å². The molecule has 1 heterocycles. The molecule has 2 aromatic carbocycles. The van der Waals surface area contributed by atoms with Crippen LogP contribution in [0.5, 0.6) is 5.75 Å². The first-order chi connectivity index (χ1) is 13.2. The van der Waals surface area contributed by atoms with E-state index >= 15 is 0 Å². The second kappa shape index (κ2) is 8.37. The maximum Gasteiger partial charge on any atom is 0.268 e. The van der Waals surface area contributed by atoms with Gasteiger partial charge in [0.1, 0.15) is 11.6 Å². The zero-order chi connectivity index (χ0) is 20.3. The highest BCUT2D eigenvalue weighted by atomic mass is 35.5. The molecule has 0 bridgehead atoms. The Labute approximate surface area is 170 Å². The number of nitrogens with one attached hydrogen (secondary N) is 1. The number of rotatable bonds is 5. The Morgan fingerprint density at radius 3 is 2.39 bits per heavy atom. The van der Waals surface area contributed by atoms with Crippen molar-refractivity contribution in [2.24, 2.45) is 0 Å². The Kier molecular flexibility index (Phi) is 6.10. The molecule has 28 heavy (non-hydrogen) atoms. The van der Waals surface area contributed by atoms with Gasteiger partial charge in [-0.2, -0.15) is 0 Å². The highest BCUT2D eigenvalue weighted by molar-refractivity contribution is 6.31. The third-order valence-electron chi connectivity index (χ3n) is 4.78. The van der Waals surface area contributed by atoms with E-state index in [-0.39, 0.29) is 11.7 Å². The van der Waals surface area contributed by atoms with Gasteiger partial charge in [0.25, 0.3) is 5.91 Å². The number of hydrogen-bond donors (Lipinski definition) is 1. The monoisotopic (exact) mass is 405 g/mol. The molecule has 7 heteroatoms. The van der Waals surface area contributed by atoms with Gasteiger partial charge < -0.3 is 19.9 Å². The number of ether oxygens (including phenoxy) is 1. The van der Waals surface area contributed by atoms with E-state index in [0.717, 1.165) is 31.9 Å². The van der Waals surface area contributed by atoms with Crippen LogP contribution in [-0.4, -0.2) is 49.6 Å². The number of amides is 1. The van der Waals surface area contributed by atoms with Crippen LogP contribution in [0.3, 0.4) is 0 Å². The number of anilines is 2. The largest absolute Gasteiger partial charge is 0.478 e. The molecule has 5 nitrogen and oxygen atoms in total. The Balaban J connectivity index is 1.77. The summed E-state index contributed by atoms with van der Waals surface area (Å²) >= 11 is 6.18. The molecule has 0 spiro atoms. The summed E-state index contributed by atoms with van der Waals surface area (Å²) in [5, 5.41) is 3.50. The van der Waals surface area contributed by atoms with Gasteiger partial charge in [-0.1, -0.05) is 11.6 Å². The lowest BCUT2D eigenvalue weighted by Crippen LogP contribution is -2.45. The first-order valence-corrected chi connectivity index (χ1v) is 9.61. The summed E-state index contributed by atoms with van der Waals surface area (Å²) in [6.45, 7) is 6.99. The van der Waals surface area contributed by atoms with Crippen molar-refractivity contribution in [1.82, 2.24) is 4.90 Å². The summed E-state index contributed by atoms with van der Waals surface area (Å²) in [4.78, 5) is 17.4. The van der Waals surface area contributed by atoms with E-state index in [1.54, 1.807) is 19.9 Å². The quantitative estimate of drug-likeness (QED) is 0.815. The maximum absolute atomic E-state index is 13.1. The summed E-state index contributed by atoms with van der Waals surface area (Å²) in [5.74, 6) is -0.244. The van der Waals surface area contributed by atoms with Gasteiger partial charge in [0.15, 0.2) is 5.60 Å². The number of carbonyl (C=O) groups is 1. The number of hydrogen-bond acceptors (Lipinski definition) is 4. The highest BCUT2D eigenvalue weighted by Gasteiger charge is 2.31. The van der Waals surface area contributed by atoms with E-state index in [0.29, 0.717) is 16.5 Å². The molecular formula is C21H25ClFN3O2.